The van der Waals surface area contributed by atoms with Crippen LogP contribution in [-0.4, -0.2) is 34.8 Å². The molecular weight excluding hydrogens is 402 g/mol. The number of carbonyl (C=O) groups is 2. The van der Waals surface area contributed by atoms with Crippen LogP contribution in [0.5, 0.6) is 0 Å². The first-order chi connectivity index (χ1) is 14.5. The van der Waals surface area contributed by atoms with Crippen LogP contribution in [0.15, 0.2) is 60.7 Å². The molecule has 3 aromatic rings. The molecule has 0 N–H and O–H groups in total. The first-order valence-corrected chi connectivity index (χ1v) is 9.94. The Morgan fingerprint density at radius 1 is 1.20 bits per heavy atom. The van der Waals surface area contributed by atoms with E-state index in [0.717, 1.165) is 11.3 Å². The van der Waals surface area contributed by atoms with Crippen molar-refractivity contribution < 1.29 is 14.3 Å². The maximum Gasteiger partial charge on any atom is 0.414 e. The number of aryl methyl sites for hydroxylation is 1. The minimum absolute atomic E-state index is 0.185. The van der Waals surface area contributed by atoms with Crippen LogP contribution in [0.1, 0.15) is 27.2 Å². The molecule has 0 radical (unpaired) electrons. The number of cyclic esters (lactones) is 1. The number of rotatable bonds is 6. The molecule has 0 spiro atoms. The zero-order chi connectivity index (χ0) is 21.1. The van der Waals surface area contributed by atoms with Gasteiger partial charge in [0.15, 0.2) is 5.78 Å². The molecule has 2 aromatic carbocycles. The van der Waals surface area contributed by atoms with Gasteiger partial charge in [-0.25, -0.2) is 9.48 Å². The van der Waals surface area contributed by atoms with Crippen LogP contribution >= 0.6 is 11.6 Å². The Hall–Kier alpha value is -3.38. The van der Waals surface area contributed by atoms with Gasteiger partial charge in [-0.3, -0.25) is 9.69 Å². The molecule has 0 saturated carbocycles. The molecule has 1 aromatic heterocycles. The van der Waals surface area contributed by atoms with Crippen molar-refractivity contribution in [1.29, 1.82) is 0 Å². The number of nitrogens with zero attached hydrogens (tertiary/aromatic N) is 3. The number of carbonyl (C=O) groups excluding carboxylic acids is 2. The molecule has 1 aliphatic heterocycles. The number of benzene rings is 2. The fourth-order valence-electron chi connectivity index (χ4n) is 3.33. The summed E-state index contributed by atoms with van der Waals surface area (Å²) >= 11 is 6.52. The molecular formula is C23H20ClN3O3. The summed E-state index contributed by atoms with van der Waals surface area (Å²) in [6, 6.07) is 16.8. The van der Waals surface area contributed by atoms with Crippen molar-refractivity contribution in [3.63, 3.8) is 0 Å². The number of hydrogen-bond acceptors (Lipinski definition) is 4. The molecule has 4 rings (SSSR count). The number of amides is 1. The summed E-state index contributed by atoms with van der Waals surface area (Å²) < 4.78 is 6.68. The first kappa shape index (κ1) is 19.9. The molecule has 7 heteroatoms. The van der Waals surface area contributed by atoms with Crippen LogP contribution in [0.4, 0.5) is 10.5 Å². The van der Waals surface area contributed by atoms with E-state index in [0.29, 0.717) is 41.7 Å². The minimum atomic E-state index is -0.400. The largest absolute Gasteiger partial charge is 0.447 e. The summed E-state index contributed by atoms with van der Waals surface area (Å²) in [5.74, 6) is -0.185. The van der Waals surface area contributed by atoms with Crippen LogP contribution in [0, 0.1) is 6.92 Å². The van der Waals surface area contributed by atoms with Crippen LogP contribution in [0.3, 0.4) is 0 Å². The van der Waals surface area contributed by atoms with Gasteiger partial charge in [0, 0.05) is 16.8 Å². The van der Waals surface area contributed by atoms with E-state index in [1.165, 1.54) is 11.0 Å². The lowest BCUT2D eigenvalue weighted by molar-refractivity contribution is 0.104. The van der Waals surface area contributed by atoms with Gasteiger partial charge < -0.3 is 4.74 Å². The zero-order valence-electron chi connectivity index (χ0n) is 16.4. The second-order valence-corrected chi connectivity index (χ2v) is 7.31. The molecule has 0 unspecified atom stereocenters. The lowest BCUT2D eigenvalue weighted by Gasteiger charge is -2.13. The van der Waals surface area contributed by atoms with E-state index >= 15 is 0 Å². The number of allylic oxidation sites excluding steroid dienone is 1. The van der Waals surface area contributed by atoms with Gasteiger partial charge in [0.1, 0.15) is 11.8 Å². The predicted octanol–water partition coefficient (Wildman–Crippen LogP) is 4.75. The van der Waals surface area contributed by atoms with Crippen LogP contribution in [0.25, 0.3) is 6.08 Å². The summed E-state index contributed by atoms with van der Waals surface area (Å²) in [7, 11) is 0. The van der Waals surface area contributed by atoms with Gasteiger partial charge in [-0.1, -0.05) is 54.1 Å². The second kappa shape index (κ2) is 8.55. The van der Waals surface area contributed by atoms with Gasteiger partial charge in [-0.15, -0.1) is 0 Å². The monoisotopic (exact) mass is 421 g/mol. The average molecular weight is 422 g/mol. The third kappa shape index (κ3) is 4.14. The molecule has 1 aliphatic rings. The molecule has 1 saturated heterocycles. The van der Waals surface area contributed by atoms with Crippen LogP contribution in [-0.2, 0) is 11.3 Å². The molecule has 0 aliphatic carbocycles. The Bertz CT molecular complexity index is 1120. The Balaban J connectivity index is 1.53. The van der Waals surface area contributed by atoms with Gasteiger partial charge >= 0.3 is 6.09 Å². The fraction of sp³-hybridized carbons (Fsp3) is 0.174. The lowest BCUT2D eigenvalue weighted by atomic mass is 10.1. The van der Waals surface area contributed by atoms with Gasteiger partial charge in [0.2, 0.25) is 0 Å². The number of anilines is 1. The average Bonchev–Trinajstić information content (AvgIpc) is 3.30. The van der Waals surface area contributed by atoms with Crippen molar-refractivity contribution in [2.24, 2.45) is 0 Å². The highest BCUT2D eigenvalue weighted by Gasteiger charge is 2.24. The number of ketones is 1. The third-order valence-electron chi connectivity index (χ3n) is 4.89. The first-order valence-electron chi connectivity index (χ1n) is 9.56. The van der Waals surface area contributed by atoms with Crippen molar-refractivity contribution >= 4 is 35.2 Å². The highest BCUT2D eigenvalue weighted by atomic mass is 35.5. The van der Waals surface area contributed by atoms with Crippen molar-refractivity contribution in [1.82, 2.24) is 9.78 Å². The molecule has 0 bridgehead atoms. The normalized spacial score (nSPS) is 13.8. The molecule has 0 atom stereocenters. The van der Waals surface area contributed by atoms with E-state index in [4.69, 9.17) is 16.3 Å². The second-order valence-electron chi connectivity index (χ2n) is 6.95. The molecule has 1 amide bonds. The summed E-state index contributed by atoms with van der Waals surface area (Å²) in [5.41, 5.74) is 3.66. The Morgan fingerprint density at radius 3 is 2.73 bits per heavy atom. The SMILES string of the molecule is Cc1nn(Cc2ccccc2)c(Cl)c1/C=C/C(=O)c1cccc(N2CCOC2=O)c1. The van der Waals surface area contributed by atoms with E-state index in [1.807, 2.05) is 37.3 Å². The van der Waals surface area contributed by atoms with Crippen LogP contribution in [0.2, 0.25) is 5.15 Å². The highest BCUT2D eigenvalue weighted by Crippen LogP contribution is 2.24. The Labute approximate surface area is 179 Å². The van der Waals surface area contributed by atoms with Crippen molar-refractivity contribution in [2.45, 2.75) is 13.5 Å². The van der Waals surface area contributed by atoms with Gasteiger partial charge in [-0.2, -0.15) is 5.10 Å². The smallest absolute Gasteiger partial charge is 0.414 e. The Morgan fingerprint density at radius 2 is 2.00 bits per heavy atom. The predicted molar refractivity (Wildman–Crippen MR) is 116 cm³/mol. The van der Waals surface area contributed by atoms with E-state index < -0.39 is 6.09 Å². The van der Waals surface area contributed by atoms with Gasteiger partial charge in [0.25, 0.3) is 0 Å². The number of ether oxygens (including phenoxy) is 1. The maximum atomic E-state index is 12.7. The zero-order valence-corrected chi connectivity index (χ0v) is 17.2. The molecule has 152 valence electrons. The topological polar surface area (TPSA) is 64.4 Å². The summed E-state index contributed by atoms with van der Waals surface area (Å²) in [5, 5.41) is 4.98. The Kier molecular flexibility index (Phi) is 5.68. The van der Waals surface area contributed by atoms with Gasteiger partial charge in [0.05, 0.1) is 18.8 Å². The fourth-order valence-corrected chi connectivity index (χ4v) is 3.63. The molecule has 1 fully saturated rings. The minimum Gasteiger partial charge on any atom is -0.447 e. The van der Waals surface area contributed by atoms with E-state index in [1.54, 1.807) is 35.0 Å². The number of hydrogen-bond donors (Lipinski definition) is 0. The molecule has 2 heterocycles. The van der Waals surface area contributed by atoms with E-state index in [-0.39, 0.29) is 5.78 Å². The van der Waals surface area contributed by atoms with Gasteiger partial charge in [-0.05, 0) is 36.8 Å². The highest BCUT2D eigenvalue weighted by molar-refractivity contribution is 6.31. The van der Waals surface area contributed by atoms with E-state index in [9.17, 15) is 9.59 Å². The number of aromatic nitrogens is 2. The summed E-state index contributed by atoms with van der Waals surface area (Å²) in [4.78, 5) is 26.0. The van der Waals surface area contributed by atoms with Crippen molar-refractivity contribution in [3.8, 4) is 0 Å². The van der Waals surface area contributed by atoms with Crippen molar-refractivity contribution in [2.75, 3.05) is 18.1 Å². The van der Waals surface area contributed by atoms with Crippen LogP contribution < -0.4 is 4.90 Å². The summed E-state index contributed by atoms with van der Waals surface area (Å²) in [6.07, 6.45) is 2.76. The van der Waals surface area contributed by atoms with E-state index in [2.05, 4.69) is 5.10 Å². The lowest BCUT2D eigenvalue weighted by Crippen LogP contribution is -2.23. The molecule has 6 nitrogen and oxygen atoms in total. The van der Waals surface area contributed by atoms with Crippen molar-refractivity contribution in [3.05, 3.63) is 88.2 Å². The quantitative estimate of drug-likeness (QED) is 0.425. The molecule has 30 heavy (non-hydrogen) atoms. The third-order valence-corrected chi connectivity index (χ3v) is 5.29. The number of halogens is 1. The maximum absolute atomic E-state index is 12.7. The standard InChI is InChI=1S/C23H20ClN3O3/c1-16-20(22(24)27(25-16)15-17-6-3-2-4-7-17)10-11-21(28)18-8-5-9-19(14-18)26-12-13-30-23(26)29/h2-11,14H,12-13,15H2,1H3/b11-10+. The summed E-state index contributed by atoms with van der Waals surface area (Å²) in [6.45, 7) is 3.23.